The quantitative estimate of drug-likeness (QED) is 0.632. The van der Waals surface area contributed by atoms with Crippen LogP contribution in [-0.2, 0) is 0 Å². The number of carbonyl (C=O) groups is 1. The smallest absolute Gasteiger partial charge is 0.198 e. The van der Waals surface area contributed by atoms with Crippen LogP contribution >= 0.6 is 43.5 Å². The molecule has 0 spiro atoms. The molecule has 0 heterocycles. The maximum absolute atomic E-state index is 13.5. The summed E-state index contributed by atoms with van der Waals surface area (Å²) in [5.74, 6) is -0.681. The zero-order chi connectivity index (χ0) is 14.9. The van der Waals surface area contributed by atoms with Crippen LogP contribution in [0.15, 0.2) is 39.3 Å². The number of hydrogen-bond acceptors (Lipinski definition) is 2. The largest absolute Gasteiger partial charge is 0.496 e. The Hall–Kier alpha value is -0.910. The van der Waals surface area contributed by atoms with E-state index in [0.717, 1.165) is 10.5 Å². The molecular formula is C14H8Br2ClFO2. The molecule has 0 amide bonds. The van der Waals surface area contributed by atoms with Crippen molar-refractivity contribution in [3.63, 3.8) is 0 Å². The minimum absolute atomic E-state index is 0.159. The van der Waals surface area contributed by atoms with E-state index in [1.54, 1.807) is 18.2 Å². The van der Waals surface area contributed by atoms with Crippen LogP contribution in [0.2, 0.25) is 5.02 Å². The summed E-state index contributed by atoms with van der Waals surface area (Å²) in [5, 5.41) is 0.320. The second-order valence-electron chi connectivity index (χ2n) is 3.92. The number of ether oxygens (including phenoxy) is 1. The summed E-state index contributed by atoms with van der Waals surface area (Å²) in [6.07, 6.45) is 0. The molecule has 0 radical (unpaired) electrons. The normalized spacial score (nSPS) is 10.4. The summed E-state index contributed by atoms with van der Waals surface area (Å²) in [6.45, 7) is 0. The summed E-state index contributed by atoms with van der Waals surface area (Å²) in [4.78, 5) is 12.5. The predicted octanol–water partition coefficient (Wildman–Crippen LogP) is 5.24. The topological polar surface area (TPSA) is 26.3 Å². The molecule has 0 aliphatic carbocycles. The minimum Gasteiger partial charge on any atom is -0.496 e. The number of rotatable bonds is 3. The average molecular weight is 422 g/mol. The molecule has 0 fully saturated rings. The van der Waals surface area contributed by atoms with Gasteiger partial charge in [0.1, 0.15) is 11.6 Å². The van der Waals surface area contributed by atoms with Gasteiger partial charge in [0.15, 0.2) is 5.78 Å². The van der Waals surface area contributed by atoms with E-state index in [4.69, 9.17) is 16.3 Å². The van der Waals surface area contributed by atoms with Gasteiger partial charge >= 0.3 is 0 Å². The van der Waals surface area contributed by atoms with E-state index < -0.39 is 5.82 Å². The van der Waals surface area contributed by atoms with Gasteiger partial charge in [0, 0.05) is 16.1 Å². The van der Waals surface area contributed by atoms with Gasteiger partial charge in [-0.3, -0.25) is 4.79 Å². The SMILES string of the molecule is COc1cc(F)c(Br)cc1C(=O)c1cc(Br)ccc1Cl. The summed E-state index contributed by atoms with van der Waals surface area (Å²) >= 11 is 12.4. The van der Waals surface area contributed by atoms with Gasteiger partial charge < -0.3 is 4.74 Å². The van der Waals surface area contributed by atoms with E-state index in [1.165, 1.54) is 13.2 Å². The van der Waals surface area contributed by atoms with E-state index in [0.29, 0.717) is 10.6 Å². The van der Waals surface area contributed by atoms with Crippen molar-refractivity contribution in [2.75, 3.05) is 7.11 Å². The summed E-state index contributed by atoms with van der Waals surface area (Å²) < 4.78 is 19.5. The first-order valence-electron chi connectivity index (χ1n) is 5.47. The van der Waals surface area contributed by atoms with E-state index in [2.05, 4.69) is 31.9 Å². The lowest BCUT2D eigenvalue weighted by Gasteiger charge is -2.10. The summed E-state index contributed by atoms with van der Waals surface area (Å²) in [7, 11) is 1.38. The fourth-order valence-corrected chi connectivity index (χ4v) is 2.60. The second kappa shape index (κ2) is 6.24. The average Bonchev–Trinajstić information content (AvgIpc) is 2.43. The minimum atomic E-state index is -0.501. The Bertz CT molecular complexity index is 689. The van der Waals surface area contributed by atoms with Crippen LogP contribution in [-0.4, -0.2) is 12.9 Å². The molecule has 2 aromatic rings. The Morgan fingerprint density at radius 3 is 2.55 bits per heavy atom. The zero-order valence-corrected chi connectivity index (χ0v) is 14.1. The van der Waals surface area contributed by atoms with Gasteiger partial charge in [0.2, 0.25) is 0 Å². The number of methoxy groups -OCH3 is 1. The Morgan fingerprint density at radius 2 is 1.90 bits per heavy atom. The van der Waals surface area contributed by atoms with Gasteiger partial charge in [-0.15, -0.1) is 0 Å². The highest BCUT2D eigenvalue weighted by Gasteiger charge is 2.19. The molecule has 0 saturated carbocycles. The van der Waals surface area contributed by atoms with Crippen molar-refractivity contribution in [2.24, 2.45) is 0 Å². The van der Waals surface area contributed by atoms with Gasteiger partial charge in [-0.25, -0.2) is 4.39 Å². The highest BCUT2D eigenvalue weighted by atomic mass is 79.9. The molecule has 0 unspecified atom stereocenters. The molecule has 104 valence electrons. The first-order chi connectivity index (χ1) is 9.43. The van der Waals surface area contributed by atoms with Crippen molar-refractivity contribution in [3.05, 3.63) is 61.2 Å². The molecular weight excluding hydrogens is 414 g/mol. The molecule has 0 N–H and O–H groups in total. The highest BCUT2D eigenvalue weighted by molar-refractivity contribution is 9.10. The molecule has 0 aliphatic rings. The van der Waals surface area contributed by atoms with Crippen molar-refractivity contribution in [1.82, 2.24) is 0 Å². The molecule has 0 aliphatic heterocycles. The first-order valence-corrected chi connectivity index (χ1v) is 7.43. The maximum Gasteiger partial charge on any atom is 0.198 e. The van der Waals surface area contributed by atoms with Crippen molar-refractivity contribution in [2.45, 2.75) is 0 Å². The molecule has 6 heteroatoms. The number of carbonyl (C=O) groups excluding carboxylic acids is 1. The van der Waals surface area contributed by atoms with E-state index >= 15 is 0 Å². The maximum atomic E-state index is 13.5. The van der Waals surface area contributed by atoms with Crippen molar-refractivity contribution in [3.8, 4) is 5.75 Å². The van der Waals surface area contributed by atoms with Gasteiger partial charge in [-0.1, -0.05) is 27.5 Å². The van der Waals surface area contributed by atoms with Crippen LogP contribution in [0.3, 0.4) is 0 Å². The summed E-state index contributed by atoms with van der Waals surface area (Å²) in [5.41, 5.74) is 0.554. The van der Waals surface area contributed by atoms with Gasteiger partial charge in [0.25, 0.3) is 0 Å². The van der Waals surface area contributed by atoms with E-state index in [9.17, 15) is 9.18 Å². The molecule has 0 aromatic heterocycles. The van der Waals surface area contributed by atoms with Crippen LogP contribution in [0.25, 0.3) is 0 Å². The Labute approximate surface area is 137 Å². The van der Waals surface area contributed by atoms with Crippen molar-refractivity contribution >= 4 is 49.2 Å². The third kappa shape index (κ3) is 3.05. The monoisotopic (exact) mass is 420 g/mol. The van der Waals surface area contributed by atoms with Gasteiger partial charge in [-0.2, -0.15) is 0 Å². The van der Waals surface area contributed by atoms with E-state index in [-0.39, 0.29) is 21.6 Å². The van der Waals surface area contributed by atoms with Crippen LogP contribution in [0, 0.1) is 5.82 Å². The lowest BCUT2D eigenvalue weighted by Crippen LogP contribution is -2.05. The standard InChI is InChI=1S/C14H8Br2ClFO2/c1-20-13-6-12(18)10(16)5-9(13)14(19)8-4-7(15)2-3-11(8)17/h2-6H,1H3. The van der Waals surface area contributed by atoms with Crippen LogP contribution in [0.4, 0.5) is 4.39 Å². The van der Waals surface area contributed by atoms with Gasteiger partial charge in [0.05, 0.1) is 22.2 Å². The third-order valence-corrected chi connectivity index (χ3v) is 4.09. The third-order valence-electron chi connectivity index (χ3n) is 2.66. The molecule has 0 bridgehead atoms. The number of benzene rings is 2. The Kier molecular flexibility index (Phi) is 4.83. The van der Waals surface area contributed by atoms with Crippen LogP contribution < -0.4 is 4.74 Å². The van der Waals surface area contributed by atoms with Crippen molar-refractivity contribution in [1.29, 1.82) is 0 Å². The molecule has 2 aromatic carbocycles. The Morgan fingerprint density at radius 1 is 1.20 bits per heavy atom. The molecule has 0 saturated heterocycles. The lowest BCUT2D eigenvalue weighted by atomic mass is 10.0. The predicted molar refractivity (Wildman–Crippen MR) is 83.2 cm³/mol. The van der Waals surface area contributed by atoms with Crippen LogP contribution in [0.1, 0.15) is 15.9 Å². The summed E-state index contributed by atoms with van der Waals surface area (Å²) in [6, 6.07) is 7.50. The molecule has 20 heavy (non-hydrogen) atoms. The lowest BCUT2D eigenvalue weighted by molar-refractivity contribution is 0.103. The van der Waals surface area contributed by atoms with E-state index in [1.807, 2.05) is 0 Å². The number of hydrogen-bond donors (Lipinski definition) is 0. The zero-order valence-electron chi connectivity index (χ0n) is 10.2. The van der Waals surface area contributed by atoms with Gasteiger partial charge in [-0.05, 0) is 40.2 Å². The fourth-order valence-electron chi connectivity index (χ4n) is 1.69. The highest BCUT2D eigenvalue weighted by Crippen LogP contribution is 2.31. The fraction of sp³-hybridized carbons (Fsp3) is 0.0714. The molecule has 2 nitrogen and oxygen atoms in total. The molecule has 0 atom stereocenters. The number of ketones is 1. The second-order valence-corrected chi connectivity index (χ2v) is 6.10. The van der Waals surface area contributed by atoms with Crippen LogP contribution in [0.5, 0.6) is 5.75 Å². The number of halogens is 4. The Balaban J connectivity index is 2.58. The first kappa shape index (κ1) is 15.5. The molecule has 2 rings (SSSR count). The van der Waals surface area contributed by atoms with Crippen molar-refractivity contribution < 1.29 is 13.9 Å².